The molecule has 1 nitrogen and oxygen atoms in total. The zero-order chi connectivity index (χ0) is 8.43. The smallest absolute Gasteiger partial charge is 0.0717 e. The first-order chi connectivity index (χ1) is 5.15. The summed E-state index contributed by atoms with van der Waals surface area (Å²) in [6.45, 7) is 6.37. The zero-order valence-corrected chi connectivity index (χ0v) is 8.25. The standard InChI is InChI=1S/C9H13NS/c1-6(2)9-8(10-4)5-7(3)11-9/h5H,1-4H3. The molecule has 1 aliphatic heterocycles. The highest BCUT2D eigenvalue weighted by Crippen LogP contribution is 2.35. The molecule has 1 rings (SSSR count). The lowest BCUT2D eigenvalue weighted by Crippen LogP contribution is -1.91. The molecule has 0 spiro atoms. The summed E-state index contributed by atoms with van der Waals surface area (Å²) in [4.78, 5) is 6.86. The minimum Gasteiger partial charge on any atom is -0.287 e. The van der Waals surface area contributed by atoms with Crippen LogP contribution in [0, 0.1) is 0 Å². The van der Waals surface area contributed by atoms with E-state index in [0.717, 1.165) is 5.71 Å². The fourth-order valence-electron chi connectivity index (χ4n) is 1.03. The first-order valence-corrected chi connectivity index (χ1v) is 4.47. The highest BCUT2D eigenvalue weighted by Gasteiger charge is 2.14. The SMILES string of the molecule is CN=C1C=C(C)SC1=C(C)C. The van der Waals surface area contributed by atoms with Gasteiger partial charge < -0.3 is 0 Å². The molecule has 2 heteroatoms. The highest BCUT2D eigenvalue weighted by molar-refractivity contribution is 8.08. The van der Waals surface area contributed by atoms with Gasteiger partial charge in [0.05, 0.1) is 5.71 Å². The van der Waals surface area contributed by atoms with E-state index in [1.54, 1.807) is 0 Å². The number of hydrogen-bond donors (Lipinski definition) is 0. The first-order valence-electron chi connectivity index (χ1n) is 3.66. The van der Waals surface area contributed by atoms with Crippen LogP contribution in [0.25, 0.3) is 0 Å². The van der Waals surface area contributed by atoms with Crippen LogP contribution in [-0.2, 0) is 0 Å². The Morgan fingerprint density at radius 3 is 2.45 bits per heavy atom. The van der Waals surface area contributed by atoms with Crippen molar-refractivity contribution in [1.82, 2.24) is 0 Å². The van der Waals surface area contributed by atoms with Crippen molar-refractivity contribution in [1.29, 1.82) is 0 Å². The number of thioether (sulfide) groups is 1. The Morgan fingerprint density at radius 1 is 1.45 bits per heavy atom. The summed E-state index contributed by atoms with van der Waals surface area (Å²) in [6, 6.07) is 0. The molecule has 60 valence electrons. The van der Waals surface area contributed by atoms with Crippen molar-refractivity contribution in [3.8, 4) is 0 Å². The number of allylic oxidation sites excluding steroid dienone is 4. The molecule has 0 fully saturated rings. The van der Waals surface area contributed by atoms with Crippen molar-refractivity contribution in [2.75, 3.05) is 7.05 Å². The number of aliphatic imine (C=N–C) groups is 1. The van der Waals surface area contributed by atoms with Crippen molar-refractivity contribution in [3.63, 3.8) is 0 Å². The van der Waals surface area contributed by atoms with Gasteiger partial charge in [0.25, 0.3) is 0 Å². The monoisotopic (exact) mass is 167 g/mol. The average Bonchev–Trinajstić information content (AvgIpc) is 2.30. The molecule has 0 amide bonds. The van der Waals surface area contributed by atoms with Gasteiger partial charge in [-0.05, 0) is 31.8 Å². The molecular weight excluding hydrogens is 154 g/mol. The van der Waals surface area contributed by atoms with E-state index in [0.29, 0.717) is 0 Å². The van der Waals surface area contributed by atoms with Crippen LogP contribution in [0.5, 0.6) is 0 Å². The van der Waals surface area contributed by atoms with E-state index < -0.39 is 0 Å². The number of rotatable bonds is 0. The van der Waals surface area contributed by atoms with E-state index in [2.05, 4.69) is 31.8 Å². The Kier molecular flexibility index (Phi) is 2.55. The number of nitrogens with zero attached hydrogens (tertiary/aromatic N) is 1. The quantitative estimate of drug-likeness (QED) is 0.540. The molecule has 1 heterocycles. The highest BCUT2D eigenvalue weighted by atomic mass is 32.2. The molecule has 0 aromatic rings. The largest absolute Gasteiger partial charge is 0.287 e. The Labute approximate surface area is 72.3 Å². The third kappa shape index (κ3) is 1.74. The maximum atomic E-state index is 4.20. The normalized spacial score (nSPS) is 20.9. The Hall–Kier alpha value is -0.500. The minimum atomic E-state index is 1.13. The van der Waals surface area contributed by atoms with Gasteiger partial charge in [0.15, 0.2) is 0 Å². The van der Waals surface area contributed by atoms with Crippen LogP contribution in [0.3, 0.4) is 0 Å². The van der Waals surface area contributed by atoms with Crippen LogP contribution in [0.2, 0.25) is 0 Å². The lowest BCUT2D eigenvalue weighted by Gasteiger charge is -1.99. The number of hydrogen-bond acceptors (Lipinski definition) is 2. The molecule has 0 unspecified atom stereocenters. The molecule has 0 aromatic carbocycles. The Morgan fingerprint density at radius 2 is 2.09 bits per heavy atom. The molecule has 0 aliphatic carbocycles. The molecular formula is C9H13NS. The Balaban J connectivity index is 3.02. The predicted octanol–water partition coefficient (Wildman–Crippen LogP) is 3.00. The lowest BCUT2D eigenvalue weighted by atomic mass is 10.2. The first kappa shape index (κ1) is 8.60. The van der Waals surface area contributed by atoms with Gasteiger partial charge in [0, 0.05) is 12.0 Å². The average molecular weight is 167 g/mol. The summed E-state index contributed by atoms with van der Waals surface area (Å²) in [7, 11) is 1.84. The van der Waals surface area contributed by atoms with Crippen LogP contribution in [0.4, 0.5) is 0 Å². The summed E-state index contributed by atoms with van der Waals surface area (Å²) in [6.07, 6.45) is 2.13. The molecule has 11 heavy (non-hydrogen) atoms. The molecule has 0 saturated heterocycles. The van der Waals surface area contributed by atoms with E-state index in [-0.39, 0.29) is 0 Å². The van der Waals surface area contributed by atoms with Crippen molar-refractivity contribution in [2.45, 2.75) is 20.8 Å². The van der Waals surface area contributed by atoms with Gasteiger partial charge in [-0.25, -0.2) is 0 Å². The van der Waals surface area contributed by atoms with Gasteiger partial charge in [-0.2, -0.15) is 0 Å². The van der Waals surface area contributed by atoms with E-state index >= 15 is 0 Å². The topological polar surface area (TPSA) is 12.4 Å². The zero-order valence-electron chi connectivity index (χ0n) is 7.43. The molecule has 0 bridgehead atoms. The van der Waals surface area contributed by atoms with Crippen LogP contribution >= 0.6 is 11.8 Å². The third-order valence-electron chi connectivity index (χ3n) is 1.53. The summed E-state index contributed by atoms with van der Waals surface area (Å²) in [5.41, 5.74) is 2.48. The summed E-state index contributed by atoms with van der Waals surface area (Å²) in [5, 5.41) is 0. The van der Waals surface area contributed by atoms with Gasteiger partial charge in [-0.15, -0.1) is 0 Å². The van der Waals surface area contributed by atoms with Gasteiger partial charge in [0.2, 0.25) is 0 Å². The molecule has 1 aliphatic rings. The van der Waals surface area contributed by atoms with E-state index in [9.17, 15) is 0 Å². The van der Waals surface area contributed by atoms with Gasteiger partial charge in [-0.3, -0.25) is 4.99 Å². The fourth-order valence-corrected chi connectivity index (χ4v) is 1.98. The van der Waals surface area contributed by atoms with Crippen LogP contribution in [-0.4, -0.2) is 12.8 Å². The summed E-state index contributed by atoms with van der Waals surface area (Å²) in [5.74, 6) is 0. The van der Waals surface area contributed by atoms with Gasteiger partial charge in [-0.1, -0.05) is 17.3 Å². The summed E-state index contributed by atoms with van der Waals surface area (Å²) < 4.78 is 0. The van der Waals surface area contributed by atoms with Crippen molar-refractivity contribution in [2.24, 2.45) is 4.99 Å². The predicted molar refractivity (Wildman–Crippen MR) is 53.1 cm³/mol. The van der Waals surface area contributed by atoms with Crippen LogP contribution in [0.1, 0.15) is 20.8 Å². The molecule has 0 N–H and O–H groups in total. The maximum Gasteiger partial charge on any atom is 0.0717 e. The van der Waals surface area contributed by atoms with E-state index in [1.165, 1.54) is 15.4 Å². The second-order valence-corrected chi connectivity index (χ2v) is 4.05. The second-order valence-electron chi connectivity index (χ2n) is 2.80. The summed E-state index contributed by atoms with van der Waals surface area (Å²) >= 11 is 1.82. The lowest BCUT2D eigenvalue weighted by molar-refractivity contribution is 1.38. The van der Waals surface area contributed by atoms with Crippen LogP contribution < -0.4 is 0 Å². The third-order valence-corrected chi connectivity index (χ3v) is 2.79. The molecule has 0 saturated carbocycles. The molecule has 0 aromatic heterocycles. The van der Waals surface area contributed by atoms with Crippen molar-refractivity contribution < 1.29 is 0 Å². The minimum absolute atomic E-state index is 1.13. The van der Waals surface area contributed by atoms with Gasteiger partial charge >= 0.3 is 0 Å². The molecule has 0 radical (unpaired) electrons. The maximum absolute atomic E-state index is 4.20. The van der Waals surface area contributed by atoms with Crippen molar-refractivity contribution >= 4 is 17.5 Å². The van der Waals surface area contributed by atoms with E-state index in [4.69, 9.17) is 0 Å². The molecule has 0 atom stereocenters. The van der Waals surface area contributed by atoms with E-state index in [1.807, 2.05) is 18.8 Å². The van der Waals surface area contributed by atoms with Gasteiger partial charge in [0.1, 0.15) is 0 Å². The van der Waals surface area contributed by atoms with Crippen molar-refractivity contribution in [3.05, 3.63) is 21.5 Å². The second kappa shape index (κ2) is 3.26. The Bertz CT molecular complexity index is 255. The fraction of sp³-hybridized carbons (Fsp3) is 0.444. The van der Waals surface area contributed by atoms with Crippen LogP contribution in [0.15, 0.2) is 26.5 Å².